The molecule has 6 nitrogen and oxygen atoms in total. The zero-order chi connectivity index (χ0) is 21.1. The maximum atomic E-state index is 12.8. The van der Waals surface area contributed by atoms with E-state index in [-0.39, 0.29) is 17.6 Å². The molecule has 1 saturated carbocycles. The van der Waals surface area contributed by atoms with Crippen LogP contribution in [0, 0.1) is 13.8 Å². The van der Waals surface area contributed by atoms with Crippen molar-refractivity contribution in [2.45, 2.75) is 45.2 Å². The minimum atomic E-state index is -0.679. The van der Waals surface area contributed by atoms with Crippen LogP contribution in [0.3, 0.4) is 0 Å². The Balaban J connectivity index is 1.51. The van der Waals surface area contributed by atoms with Crippen LogP contribution in [0.5, 0.6) is 0 Å². The Morgan fingerprint density at radius 2 is 1.87 bits per heavy atom. The highest BCUT2D eigenvalue weighted by Crippen LogP contribution is 2.25. The predicted octanol–water partition coefficient (Wildman–Crippen LogP) is 3.58. The van der Waals surface area contributed by atoms with Gasteiger partial charge in [-0.15, -0.1) is 0 Å². The zero-order valence-corrected chi connectivity index (χ0v) is 17.1. The van der Waals surface area contributed by atoms with Gasteiger partial charge in [0, 0.05) is 24.1 Å². The van der Waals surface area contributed by atoms with Crippen LogP contribution < -0.4 is 10.6 Å². The summed E-state index contributed by atoms with van der Waals surface area (Å²) in [5, 5.41) is 9.75. The van der Waals surface area contributed by atoms with Gasteiger partial charge in [-0.05, 0) is 43.9 Å². The van der Waals surface area contributed by atoms with E-state index >= 15 is 0 Å². The lowest BCUT2D eigenvalue weighted by atomic mass is 10.0. The van der Waals surface area contributed by atoms with Crippen molar-refractivity contribution < 1.29 is 14.1 Å². The Morgan fingerprint density at radius 3 is 2.60 bits per heavy atom. The van der Waals surface area contributed by atoms with Crippen molar-refractivity contribution in [2.24, 2.45) is 0 Å². The van der Waals surface area contributed by atoms with E-state index in [4.69, 9.17) is 4.52 Å². The third-order valence-corrected chi connectivity index (χ3v) is 5.23. The summed E-state index contributed by atoms with van der Waals surface area (Å²) in [6.07, 6.45) is 2.38. The lowest BCUT2D eigenvalue weighted by Gasteiger charge is -2.18. The number of amides is 2. The molecule has 6 heteroatoms. The van der Waals surface area contributed by atoms with E-state index in [1.165, 1.54) is 0 Å². The van der Waals surface area contributed by atoms with E-state index in [2.05, 4.69) is 15.8 Å². The highest BCUT2D eigenvalue weighted by atomic mass is 16.5. The molecule has 2 amide bonds. The molecule has 1 atom stereocenters. The molecular formula is C24H25N3O3. The predicted molar refractivity (Wildman–Crippen MR) is 114 cm³/mol. The monoisotopic (exact) mass is 403 g/mol. The van der Waals surface area contributed by atoms with Crippen LogP contribution >= 0.6 is 0 Å². The second-order valence-electron chi connectivity index (χ2n) is 7.89. The largest absolute Gasteiger partial charge is 0.355 e. The Bertz CT molecular complexity index is 1050. The third-order valence-electron chi connectivity index (χ3n) is 5.23. The summed E-state index contributed by atoms with van der Waals surface area (Å²) in [5.74, 6) is -0.0708. The van der Waals surface area contributed by atoms with Gasteiger partial charge in [-0.25, -0.2) is 0 Å². The first-order chi connectivity index (χ1) is 14.5. The SMILES string of the molecule is Cc1ccc(C)c(-c2cc(C(=O)N[C@H](Cc3ccccc3)C(=O)NC3CC3)no2)c1. The van der Waals surface area contributed by atoms with Crippen molar-refractivity contribution in [3.05, 3.63) is 77.0 Å². The summed E-state index contributed by atoms with van der Waals surface area (Å²) in [6, 6.07) is 16.8. The van der Waals surface area contributed by atoms with Crippen LogP contribution in [0.25, 0.3) is 11.3 Å². The van der Waals surface area contributed by atoms with E-state index in [0.29, 0.717) is 12.2 Å². The quantitative estimate of drug-likeness (QED) is 0.632. The van der Waals surface area contributed by atoms with Gasteiger partial charge < -0.3 is 15.2 Å². The highest BCUT2D eigenvalue weighted by molar-refractivity contribution is 5.97. The number of rotatable bonds is 7. The van der Waals surface area contributed by atoms with Gasteiger partial charge in [0.2, 0.25) is 5.91 Å². The molecule has 154 valence electrons. The average Bonchev–Trinajstić information content (AvgIpc) is 3.41. The van der Waals surface area contributed by atoms with E-state index in [1.54, 1.807) is 6.07 Å². The molecule has 0 bridgehead atoms. The minimum absolute atomic E-state index is 0.156. The van der Waals surface area contributed by atoms with E-state index in [9.17, 15) is 9.59 Å². The van der Waals surface area contributed by atoms with Gasteiger partial charge in [-0.1, -0.05) is 53.2 Å². The fourth-order valence-corrected chi connectivity index (χ4v) is 3.33. The number of aromatic nitrogens is 1. The maximum absolute atomic E-state index is 12.8. The van der Waals surface area contributed by atoms with Gasteiger partial charge in [0.25, 0.3) is 5.91 Å². The third kappa shape index (κ3) is 4.76. The Hall–Kier alpha value is -3.41. The molecule has 1 aliphatic rings. The first kappa shape index (κ1) is 19.9. The molecular weight excluding hydrogens is 378 g/mol. The summed E-state index contributed by atoms with van der Waals surface area (Å²) in [5.41, 5.74) is 4.16. The molecule has 2 N–H and O–H groups in total. The van der Waals surface area contributed by atoms with Crippen molar-refractivity contribution in [3.63, 3.8) is 0 Å². The number of nitrogens with one attached hydrogen (secondary N) is 2. The topological polar surface area (TPSA) is 84.2 Å². The maximum Gasteiger partial charge on any atom is 0.274 e. The van der Waals surface area contributed by atoms with Gasteiger partial charge in [0.05, 0.1) is 0 Å². The number of benzene rings is 2. The molecule has 4 rings (SSSR count). The molecule has 1 aliphatic carbocycles. The van der Waals surface area contributed by atoms with Crippen LogP contribution in [-0.2, 0) is 11.2 Å². The fourth-order valence-electron chi connectivity index (χ4n) is 3.33. The zero-order valence-electron chi connectivity index (χ0n) is 17.1. The molecule has 0 spiro atoms. The molecule has 3 aromatic rings. The molecule has 0 unspecified atom stereocenters. The molecule has 1 aromatic heterocycles. The van der Waals surface area contributed by atoms with Crippen molar-refractivity contribution >= 4 is 11.8 Å². The van der Waals surface area contributed by atoms with Crippen molar-refractivity contribution in [3.8, 4) is 11.3 Å². The Kier molecular flexibility index (Phi) is 5.65. The van der Waals surface area contributed by atoms with Gasteiger partial charge in [-0.2, -0.15) is 0 Å². The Labute approximate surface area is 175 Å². The van der Waals surface area contributed by atoms with Crippen molar-refractivity contribution in [1.82, 2.24) is 15.8 Å². The minimum Gasteiger partial charge on any atom is -0.355 e. The van der Waals surface area contributed by atoms with Crippen LogP contribution in [0.4, 0.5) is 0 Å². The number of nitrogens with zero attached hydrogens (tertiary/aromatic N) is 1. The number of hydrogen-bond acceptors (Lipinski definition) is 4. The number of carbonyl (C=O) groups excluding carboxylic acids is 2. The van der Waals surface area contributed by atoms with Gasteiger partial charge in [-0.3, -0.25) is 9.59 Å². The van der Waals surface area contributed by atoms with Gasteiger partial charge >= 0.3 is 0 Å². The van der Waals surface area contributed by atoms with Gasteiger partial charge in [0.1, 0.15) is 6.04 Å². The summed E-state index contributed by atoms with van der Waals surface area (Å²) in [7, 11) is 0. The normalized spacial score (nSPS) is 14.2. The lowest BCUT2D eigenvalue weighted by molar-refractivity contribution is -0.123. The summed E-state index contributed by atoms with van der Waals surface area (Å²) < 4.78 is 5.43. The molecule has 2 aromatic carbocycles. The number of carbonyl (C=O) groups is 2. The van der Waals surface area contributed by atoms with Crippen LogP contribution in [-0.4, -0.2) is 29.1 Å². The van der Waals surface area contributed by atoms with Crippen molar-refractivity contribution in [1.29, 1.82) is 0 Å². The number of hydrogen-bond donors (Lipinski definition) is 2. The molecule has 0 radical (unpaired) electrons. The smallest absolute Gasteiger partial charge is 0.274 e. The molecule has 1 fully saturated rings. The molecule has 0 saturated heterocycles. The van der Waals surface area contributed by atoms with Crippen LogP contribution in [0.15, 0.2) is 59.1 Å². The summed E-state index contributed by atoms with van der Waals surface area (Å²) >= 11 is 0. The number of aryl methyl sites for hydroxylation is 2. The van der Waals surface area contributed by atoms with E-state index < -0.39 is 11.9 Å². The standard InChI is InChI=1S/C24H25N3O3/c1-15-8-9-16(2)19(12-15)22-14-21(27-30-22)24(29)26-20(23(28)25-18-10-11-18)13-17-6-4-3-5-7-17/h3-9,12,14,18,20H,10-11,13H2,1-2H3,(H,25,28)(H,26,29)/t20-/m1/s1. The van der Waals surface area contributed by atoms with Gasteiger partial charge in [0.15, 0.2) is 11.5 Å². The second kappa shape index (κ2) is 8.53. The van der Waals surface area contributed by atoms with Crippen LogP contribution in [0.1, 0.15) is 40.0 Å². The first-order valence-electron chi connectivity index (χ1n) is 10.2. The summed E-state index contributed by atoms with van der Waals surface area (Å²) in [4.78, 5) is 25.5. The molecule has 0 aliphatic heterocycles. The van der Waals surface area contributed by atoms with Crippen molar-refractivity contribution in [2.75, 3.05) is 0 Å². The highest BCUT2D eigenvalue weighted by Gasteiger charge is 2.29. The second-order valence-corrected chi connectivity index (χ2v) is 7.89. The molecule has 1 heterocycles. The van der Waals surface area contributed by atoms with E-state index in [0.717, 1.165) is 35.1 Å². The molecule has 30 heavy (non-hydrogen) atoms. The van der Waals surface area contributed by atoms with Crippen LogP contribution in [0.2, 0.25) is 0 Å². The average molecular weight is 403 g/mol. The fraction of sp³-hybridized carbons (Fsp3) is 0.292. The lowest BCUT2D eigenvalue weighted by Crippen LogP contribution is -2.48. The van der Waals surface area contributed by atoms with E-state index in [1.807, 2.05) is 62.4 Å². The first-order valence-corrected chi connectivity index (χ1v) is 10.2. The summed E-state index contributed by atoms with van der Waals surface area (Å²) in [6.45, 7) is 3.98. The Morgan fingerprint density at radius 1 is 1.10 bits per heavy atom.